The predicted molar refractivity (Wildman–Crippen MR) is 83.5 cm³/mol. The number of aromatic nitrogens is 2. The van der Waals surface area contributed by atoms with Crippen LogP contribution in [0.4, 0.5) is 0 Å². The van der Waals surface area contributed by atoms with Crippen LogP contribution in [0.5, 0.6) is 0 Å². The van der Waals surface area contributed by atoms with Gasteiger partial charge in [0, 0.05) is 34.9 Å². The van der Waals surface area contributed by atoms with Crippen molar-refractivity contribution in [1.29, 1.82) is 0 Å². The van der Waals surface area contributed by atoms with Gasteiger partial charge in [0.05, 0.1) is 0 Å². The van der Waals surface area contributed by atoms with Crippen LogP contribution in [0.3, 0.4) is 0 Å². The first-order valence-corrected chi connectivity index (χ1v) is 6.98. The summed E-state index contributed by atoms with van der Waals surface area (Å²) in [7, 11) is 0. The molecule has 4 nitrogen and oxygen atoms in total. The van der Waals surface area contributed by atoms with Crippen LogP contribution in [0.15, 0.2) is 42.7 Å². The fourth-order valence-corrected chi connectivity index (χ4v) is 2.48. The molecule has 1 aromatic carbocycles. The lowest BCUT2D eigenvalue weighted by Crippen LogP contribution is -2.23. The summed E-state index contributed by atoms with van der Waals surface area (Å²) in [6, 6.07) is 9.33. The van der Waals surface area contributed by atoms with E-state index in [0.717, 1.165) is 22.0 Å². The molecule has 0 saturated carbocycles. The number of aromatic amines is 1. The van der Waals surface area contributed by atoms with Gasteiger partial charge in [-0.15, -0.1) is 0 Å². The maximum Gasteiger partial charge on any atom is 0.268 e. The molecule has 0 spiro atoms. The van der Waals surface area contributed by atoms with Gasteiger partial charge in [0.2, 0.25) is 0 Å². The summed E-state index contributed by atoms with van der Waals surface area (Å²) in [5.41, 5.74) is 3.32. The molecule has 0 atom stereocenters. The number of halogens is 1. The SMILES string of the molecule is Cc1c(C(=O)NCc2cccnc2)[nH]c2cc(Cl)ccc12. The number of amides is 1. The number of pyridine rings is 1. The van der Waals surface area contributed by atoms with Gasteiger partial charge in [0.25, 0.3) is 5.91 Å². The minimum absolute atomic E-state index is 0.135. The number of hydrogen-bond donors (Lipinski definition) is 2. The Hall–Kier alpha value is -2.33. The van der Waals surface area contributed by atoms with Gasteiger partial charge in [0.1, 0.15) is 5.69 Å². The summed E-state index contributed by atoms with van der Waals surface area (Å²) in [6.45, 7) is 2.37. The van der Waals surface area contributed by atoms with Crippen LogP contribution in [-0.4, -0.2) is 15.9 Å². The van der Waals surface area contributed by atoms with Crippen molar-refractivity contribution in [2.24, 2.45) is 0 Å². The van der Waals surface area contributed by atoms with Crippen LogP contribution in [0.25, 0.3) is 10.9 Å². The molecule has 2 N–H and O–H groups in total. The number of rotatable bonds is 3. The van der Waals surface area contributed by atoms with Crippen LogP contribution in [0.2, 0.25) is 5.02 Å². The van der Waals surface area contributed by atoms with Crippen molar-refractivity contribution >= 4 is 28.4 Å². The first kappa shape index (κ1) is 13.6. The Balaban J connectivity index is 1.83. The molecule has 0 unspecified atom stereocenters. The number of aryl methyl sites for hydroxylation is 1. The molecule has 0 fully saturated rings. The third-order valence-electron chi connectivity index (χ3n) is 3.42. The highest BCUT2D eigenvalue weighted by atomic mass is 35.5. The lowest BCUT2D eigenvalue weighted by molar-refractivity contribution is 0.0946. The molecule has 0 aliphatic rings. The smallest absolute Gasteiger partial charge is 0.268 e. The van der Waals surface area contributed by atoms with Crippen LogP contribution in [0, 0.1) is 6.92 Å². The summed E-state index contributed by atoms with van der Waals surface area (Å²) in [6.07, 6.45) is 3.44. The zero-order valence-electron chi connectivity index (χ0n) is 11.5. The van der Waals surface area contributed by atoms with Gasteiger partial charge in [-0.05, 0) is 36.2 Å². The molecule has 0 aliphatic carbocycles. The molecule has 3 aromatic rings. The van der Waals surface area contributed by atoms with Crippen molar-refractivity contribution in [3.8, 4) is 0 Å². The molecular formula is C16H14ClN3O. The number of nitrogens with one attached hydrogen (secondary N) is 2. The fourth-order valence-electron chi connectivity index (χ4n) is 2.31. The van der Waals surface area contributed by atoms with E-state index < -0.39 is 0 Å². The number of carbonyl (C=O) groups excluding carboxylic acids is 1. The van der Waals surface area contributed by atoms with E-state index in [1.165, 1.54) is 0 Å². The Labute approximate surface area is 127 Å². The minimum Gasteiger partial charge on any atom is -0.350 e. The van der Waals surface area contributed by atoms with E-state index in [2.05, 4.69) is 15.3 Å². The molecular weight excluding hydrogens is 286 g/mol. The predicted octanol–water partition coefficient (Wildman–Crippen LogP) is 3.45. The number of benzene rings is 1. The molecule has 21 heavy (non-hydrogen) atoms. The van der Waals surface area contributed by atoms with Crippen molar-refractivity contribution < 1.29 is 4.79 Å². The molecule has 0 bridgehead atoms. The average Bonchev–Trinajstić information content (AvgIpc) is 2.82. The summed E-state index contributed by atoms with van der Waals surface area (Å²) in [5, 5.41) is 4.54. The summed E-state index contributed by atoms with van der Waals surface area (Å²) >= 11 is 5.97. The third-order valence-corrected chi connectivity index (χ3v) is 3.66. The van der Waals surface area contributed by atoms with Gasteiger partial charge < -0.3 is 10.3 Å². The average molecular weight is 300 g/mol. The monoisotopic (exact) mass is 299 g/mol. The molecule has 2 aromatic heterocycles. The van der Waals surface area contributed by atoms with Crippen molar-refractivity contribution in [1.82, 2.24) is 15.3 Å². The van der Waals surface area contributed by atoms with E-state index in [4.69, 9.17) is 11.6 Å². The van der Waals surface area contributed by atoms with Gasteiger partial charge in [-0.1, -0.05) is 23.7 Å². The maximum absolute atomic E-state index is 12.3. The molecule has 0 aliphatic heterocycles. The number of hydrogen-bond acceptors (Lipinski definition) is 2. The van der Waals surface area contributed by atoms with Crippen molar-refractivity contribution in [2.75, 3.05) is 0 Å². The van der Waals surface area contributed by atoms with E-state index in [1.54, 1.807) is 12.4 Å². The Morgan fingerprint density at radius 1 is 1.38 bits per heavy atom. The molecule has 3 rings (SSSR count). The number of H-pyrrole nitrogens is 1. The van der Waals surface area contributed by atoms with E-state index >= 15 is 0 Å². The van der Waals surface area contributed by atoms with Gasteiger partial charge in [0.15, 0.2) is 0 Å². The Kier molecular flexibility index (Phi) is 3.62. The second kappa shape index (κ2) is 5.58. The first-order valence-electron chi connectivity index (χ1n) is 6.60. The summed E-state index contributed by atoms with van der Waals surface area (Å²) < 4.78 is 0. The maximum atomic E-state index is 12.3. The number of carbonyl (C=O) groups is 1. The van der Waals surface area contributed by atoms with Gasteiger partial charge >= 0.3 is 0 Å². The second-order valence-electron chi connectivity index (χ2n) is 4.86. The Morgan fingerprint density at radius 3 is 3.00 bits per heavy atom. The Morgan fingerprint density at radius 2 is 2.24 bits per heavy atom. The molecule has 1 amide bonds. The van der Waals surface area contributed by atoms with Crippen molar-refractivity contribution in [3.63, 3.8) is 0 Å². The lowest BCUT2D eigenvalue weighted by atomic mass is 10.1. The van der Waals surface area contributed by atoms with Gasteiger partial charge in [-0.3, -0.25) is 9.78 Å². The van der Waals surface area contributed by atoms with Gasteiger partial charge in [-0.25, -0.2) is 0 Å². The zero-order valence-corrected chi connectivity index (χ0v) is 12.2. The third kappa shape index (κ3) is 2.76. The Bertz CT molecular complexity index is 796. The van der Waals surface area contributed by atoms with Crippen molar-refractivity contribution in [2.45, 2.75) is 13.5 Å². The number of fused-ring (bicyclic) bond motifs is 1. The van der Waals surface area contributed by atoms with Gasteiger partial charge in [-0.2, -0.15) is 0 Å². The quantitative estimate of drug-likeness (QED) is 0.778. The van der Waals surface area contributed by atoms with Crippen LogP contribution < -0.4 is 5.32 Å². The molecule has 2 heterocycles. The second-order valence-corrected chi connectivity index (χ2v) is 5.30. The lowest BCUT2D eigenvalue weighted by Gasteiger charge is -2.04. The highest BCUT2D eigenvalue weighted by Gasteiger charge is 2.14. The van der Waals surface area contributed by atoms with Crippen molar-refractivity contribution in [3.05, 3.63) is 64.6 Å². The van der Waals surface area contributed by atoms with E-state index in [1.807, 2.05) is 37.3 Å². The zero-order chi connectivity index (χ0) is 14.8. The number of nitrogens with zero attached hydrogens (tertiary/aromatic N) is 1. The molecule has 5 heteroatoms. The first-order chi connectivity index (χ1) is 10.1. The minimum atomic E-state index is -0.135. The topological polar surface area (TPSA) is 57.8 Å². The summed E-state index contributed by atoms with van der Waals surface area (Å²) in [5.74, 6) is -0.135. The normalized spacial score (nSPS) is 10.8. The molecule has 0 radical (unpaired) electrons. The largest absolute Gasteiger partial charge is 0.350 e. The molecule has 106 valence electrons. The van der Waals surface area contributed by atoms with Crippen LogP contribution >= 0.6 is 11.6 Å². The van der Waals surface area contributed by atoms with Crippen LogP contribution in [-0.2, 0) is 6.54 Å². The molecule has 0 saturated heterocycles. The highest BCUT2D eigenvalue weighted by molar-refractivity contribution is 6.31. The highest BCUT2D eigenvalue weighted by Crippen LogP contribution is 2.24. The fraction of sp³-hybridized carbons (Fsp3) is 0.125. The van der Waals surface area contributed by atoms with E-state index in [0.29, 0.717) is 17.3 Å². The van der Waals surface area contributed by atoms with E-state index in [9.17, 15) is 4.79 Å². The van der Waals surface area contributed by atoms with E-state index in [-0.39, 0.29) is 5.91 Å². The van der Waals surface area contributed by atoms with Crippen LogP contribution in [0.1, 0.15) is 21.6 Å². The standard InChI is InChI=1S/C16H14ClN3O/c1-10-13-5-4-12(17)7-14(13)20-15(10)16(21)19-9-11-3-2-6-18-8-11/h2-8,20H,9H2,1H3,(H,19,21). The summed E-state index contributed by atoms with van der Waals surface area (Å²) in [4.78, 5) is 19.4.